The van der Waals surface area contributed by atoms with Gasteiger partial charge in [0.15, 0.2) is 0 Å². The largest absolute Gasteiger partial charge is 0.378 e. The number of likely N-dealkylation sites (N-methyl/N-ethyl adjacent to an activating group) is 1. The molecule has 1 fully saturated rings. The van der Waals surface area contributed by atoms with E-state index in [9.17, 15) is 0 Å². The predicted molar refractivity (Wildman–Crippen MR) is 61.1 cm³/mol. The zero-order valence-corrected chi connectivity index (χ0v) is 10.0. The van der Waals surface area contributed by atoms with Crippen LogP contribution >= 0.6 is 0 Å². The van der Waals surface area contributed by atoms with E-state index in [0.29, 0.717) is 12.1 Å². The maximum Gasteiger partial charge on any atom is 0.0842 e. The van der Waals surface area contributed by atoms with E-state index >= 15 is 0 Å². The monoisotopic (exact) mass is 224 g/mol. The highest BCUT2D eigenvalue weighted by Gasteiger charge is 2.20. The number of nitrogens with one attached hydrogen (secondary N) is 1. The summed E-state index contributed by atoms with van der Waals surface area (Å²) in [5.74, 6) is 0. The lowest BCUT2D eigenvalue weighted by atomic mass is 10.0. The molecule has 0 aromatic carbocycles. The average molecular weight is 224 g/mol. The normalized spacial score (nSPS) is 22.5. The van der Waals surface area contributed by atoms with Crippen LogP contribution in [-0.4, -0.2) is 40.8 Å². The molecule has 2 atom stereocenters. The maximum absolute atomic E-state index is 5.65. The van der Waals surface area contributed by atoms with E-state index in [-0.39, 0.29) is 0 Å². The van der Waals surface area contributed by atoms with Crippen LogP contribution in [0.5, 0.6) is 0 Å². The van der Waals surface area contributed by atoms with Crippen LogP contribution in [0.25, 0.3) is 0 Å². The number of aromatic nitrogens is 3. The molecule has 90 valence electrons. The topological polar surface area (TPSA) is 52.0 Å². The van der Waals surface area contributed by atoms with Crippen molar-refractivity contribution in [3.63, 3.8) is 0 Å². The fraction of sp³-hybridized carbons (Fsp3) is 0.818. The number of ether oxygens (including phenoxy) is 1. The zero-order valence-electron chi connectivity index (χ0n) is 10.0. The molecule has 16 heavy (non-hydrogen) atoms. The maximum atomic E-state index is 5.65. The van der Waals surface area contributed by atoms with E-state index in [1.807, 2.05) is 20.3 Å². The van der Waals surface area contributed by atoms with Gasteiger partial charge in [-0.05, 0) is 26.3 Å². The molecule has 1 saturated heterocycles. The number of rotatable bonds is 5. The molecule has 5 heteroatoms. The predicted octanol–water partition coefficient (Wildman–Crippen LogP) is 0.515. The molecule has 5 nitrogen and oxygen atoms in total. The van der Waals surface area contributed by atoms with Crippen LogP contribution in [0.3, 0.4) is 0 Å². The summed E-state index contributed by atoms with van der Waals surface area (Å²) >= 11 is 0. The summed E-state index contributed by atoms with van der Waals surface area (Å²) in [7, 11) is 3.89. The zero-order chi connectivity index (χ0) is 11.4. The molecule has 0 aliphatic carbocycles. The van der Waals surface area contributed by atoms with E-state index in [1.165, 1.54) is 12.8 Å². The Morgan fingerprint density at radius 2 is 2.56 bits per heavy atom. The molecule has 2 rings (SSSR count). The second-order valence-corrected chi connectivity index (χ2v) is 4.44. The van der Waals surface area contributed by atoms with Gasteiger partial charge < -0.3 is 10.1 Å². The standard InChI is InChI=1S/C11H20N4O/c1-12-9(7-11-4-3-5-16-11)6-10-8-15(2)14-13-10/h8-9,11-12H,3-7H2,1-2H3. The van der Waals surface area contributed by atoms with Crippen molar-refractivity contribution in [3.8, 4) is 0 Å². The van der Waals surface area contributed by atoms with Gasteiger partial charge in [-0.25, -0.2) is 0 Å². The molecule has 1 aromatic heterocycles. The van der Waals surface area contributed by atoms with Crippen molar-refractivity contribution < 1.29 is 4.74 Å². The second kappa shape index (κ2) is 5.41. The molecule has 0 bridgehead atoms. The first-order chi connectivity index (χ1) is 7.78. The van der Waals surface area contributed by atoms with Crippen molar-refractivity contribution in [2.45, 2.75) is 37.8 Å². The molecule has 1 aliphatic heterocycles. The van der Waals surface area contributed by atoms with Gasteiger partial charge in [-0.2, -0.15) is 0 Å². The minimum atomic E-state index is 0.425. The molecule has 0 spiro atoms. The summed E-state index contributed by atoms with van der Waals surface area (Å²) in [6.45, 7) is 0.923. The Bertz CT molecular complexity index is 320. The van der Waals surface area contributed by atoms with Gasteiger partial charge in [-0.3, -0.25) is 4.68 Å². The lowest BCUT2D eigenvalue weighted by Gasteiger charge is -2.18. The van der Waals surface area contributed by atoms with Crippen LogP contribution in [0, 0.1) is 0 Å². The minimum Gasteiger partial charge on any atom is -0.378 e. The van der Waals surface area contributed by atoms with Crippen LogP contribution in [0.2, 0.25) is 0 Å². The first-order valence-corrected chi connectivity index (χ1v) is 5.92. The molecule has 0 amide bonds. The molecular formula is C11H20N4O. The van der Waals surface area contributed by atoms with Gasteiger partial charge in [0, 0.05) is 32.3 Å². The highest BCUT2D eigenvalue weighted by molar-refractivity contribution is 4.96. The quantitative estimate of drug-likeness (QED) is 0.792. The highest BCUT2D eigenvalue weighted by Crippen LogP contribution is 2.18. The van der Waals surface area contributed by atoms with Gasteiger partial charge >= 0.3 is 0 Å². The van der Waals surface area contributed by atoms with E-state index in [4.69, 9.17) is 4.74 Å². The summed E-state index contributed by atoms with van der Waals surface area (Å²) in [6, 6.07) is 0.430. The van der Waals surface area contributed by atoms with Gasteiger partial charge in [0.25, 0.3) is 0 Å². The Kier molecular flexibility index (Phi) is 3.90. The van der Waals surface area contributed by atoms with E-state index in [0.717, 1.165) is 25.1 Å². The third kappa shape index (κ3) is 3.02. The van der Waals surface area contributed by atoms with Crippen molar-refractivity contribution >= 4 is 0 Å². The van der Waals surface area contributed by atoms with Crippen LogP contribution in [0.15, 0.2) is 6.20 Å². The lowest BCUT2D eigenvalue weighted by molar-refractivity contribution is 0.0953. The lowest BCUT2D eigenvalue weighted by Crippen LogP contribution is -2.31. The fourth-order valence-electron chi connectivity index (χ4n) is 2.19. The van der Waals surface area contributed by atoms with Crippen LogP contribution in [-0.2, 0) is 18.2 Å². The highest BCUT2D eigenvalue weighted by atomic mass is 16.5. The molecule has 1 aliphatic rings. The minimum absolute atomic E-state index is 0.425. The Morgan fingerprint density at radius 1 is 1.69 bits per heavy atom. The number of hydrogen-bond acceptors (Lipinski definition) is 4. The Balaban J connectivity index is 1.84. The smallest absolute Gasteiger partial charge is 0.0842 e. The van der Waals surface area contributed by atoms with E-state index in [1.54, 1.807) is 4.68 Å². The van der Waals surface area contributed by atoms with Crippen molar-refractivity contribution in [2.24, 2.45) is 7.05 Å². The SMILES string of the molecule is CNC(Cc1cn(C)nn1)CC1CCCO1. The fourth-order valence-corrected chi connectivity index (χ4v) is 2.19. The molecule has 2 unspecified atom stereocenters. The van der Waals surface area contributed by atoms with Gasteiger partial charge in [0.05, 0.1) is 11.8 Å². The van der Waals surface area contributed by atoms with Crippen molar-refractivity contribution in [1.82, 2.24) is 20.3 Å². The van der Waals surface area contributed by atoms with E-state index < -0.39 is 0 Å². The summed E-state index contributed by atoms with van der Waals surface area (Å²) in [6.07, 6.45) is 6.77. The number of aryl methyl sites for hydroxylation is 1. The summed E-state index contributed by atoms with van der Waals surface area (Å²) < 4.78 is 7.39. The number of hydrogen-bond donors (Lipinski definition) is 1. The molecule has 1 N–H and O–H groups in total. The van der Waals surface area contributed by atoms with Crippen molar-refractivity contribution in [3.05, 3.63) is 11.9 Å². The van der Waals surface area contributed by atoms with Gasteiger partial charge in [-0.15, -0.1) is 5.10 Å². The summed E-state index contributed by atoms with van der Waals surface area (Å²) in [5, 5.41) is 11.4. The first kappa shape index (κ1) is 11.5. The molecule has 0 saturated carbocycles. The Labute approximate surface area is 96.2 Å². The second-order valence-electron chi connectivity index (χ2n) is 4.44. The summed E-state index contributed by atoms with van der Waals surface area (Å²) in [5.41, 5.74) is 1.04. The van der Waals surface area contributed by atoms with Crippen LogP contribution in [0.4, 0.5) is 0 Å². The average Bonchev–Trinajstić information content (AvgIpc) is 2.89. The molecule has 2 heterocycles. The van der Waals surface area contributed by atoms with Gasteiger partial charge in [0.1, 0.15) is 0 Å². The number of nitrogens with zero attached hydrogens (tertiary/aromatic N) is 3. The third-order valence-electron chi connectivity index (χ3n) is 3.09. The molecular weight excluding hydrogens is 204 g/mol. The first-order valence-electron chi connectivity index (χ1n) is 5.92. The van der Waals surface area contributed by atoms with Gasteiger partial charge in [0.2, 0.25) is 0 Å². The van der Waals surface area contributed by atoms with Crippen molar-refractivity contribution in [2.75, 3.05) is 13.7 Å². The summed E-state index contributed by atoms with van der Waals surface area (Å²) in [4.78, 5) is 0. The third-order valence-corrected chi connectivity index (χ3v) is 3.09. The molecule has 0 radical (unpaired) electrons. The van der Waals surface area contributed by atoms with Gasteiger partial charge in [-0.1, -0.05) is 5.21 Å². The van der Waals surface area contributed by atoms with E-state index in [2.05, 4.69) is 15.6 Å². The molecule has 1 aromatic rings. The Morgan fingerprint density at radius 3 is 3.12 bits per heavy atom. The Hall–Kier alpha value is -0.940. The van der Waals surface area contributed by atoms with Crippen LogP contribution in [0.1, 0.15) is 25.0 Å². The van der Waals surface area contributed by atoms with Crippen molar-refractivity contribution in [1.29, 1.82) is 0 Å². The van der Waals surface area contributed by atoms with Crippen LogP contribution < -0.4 is 5.32 Å².